The highest BCUT2D eigenvalue weighted by Gasteiger charge is 2.07. The number of nitrogen functional groups attached to an aromatic ring is 1. The van der Waals surface area contributed by atoms with E-state index in [1.807, 2.05) is 18.2 Å². The van der Waals surface area contributed by atoms with Gasteiger partial charge in [-0.25, -0.2) is 0 Å². The standard InChI is InChI=1S/C15H24N2/c1-4-11-17(13(2)3)12-7-9-14-8-5-6-10-15(14)16/h4-6,8,10,13H,1,7,9,11-12,16H2,2-3H3. The van der Waals surface area contributed by atoms with Gasteiger partial charge in [0.2, 0.25) is 0 Å². The van der Waals surface area contributed by atoms with Crippen molar-refractivity contribution in [1.29, 1.82) is 0 Å². The minimum atomic E-state index is 0.570. The lowest BCUT2D eigenvalue weighted by Crippen LogP contribution is -2.32. The first kappa shape index (κ1) is 13.8. The van der Waals surface area contributed by atoms with Crippen molar-refractivity contribution < 1.29 is 0 Å². The molecule has 0 aliphatic heterocycles. The summed E-state index contributed by atoms with van der Waals surface area (Å²) < 4.78 is 0. The maximum Gasteiger partial charge on any atom is 0.0346 e. The summed E-state index contributed by atoms with van der Waals surface area (Å²) in [5.74, 6) is 0. The van der Waals surface area contributed by atoms with E-state index in [-0.39, 0.29) is 0 Å². The van der Waals surface area contributed by atoms with E-state index in [9.17, 15) is 0 Å². The van der Waals surface area contributed by atoms with Gasteiger partial charge in [0.1, 0.15) is 0 Å². The van der Waals surface area contributed by atoms with E-state index in [0.717, 1.165) is 31.6 Å². The molecule has 0 saturated heterocycles. The summed E-state index contributed by atoms with van der Waals surface area (Å²) in [6.07, 6.45) is 4.16. The molecule has 0 saturated carbocycles. The van der Waals surface area contributed by atoms with Crippen LogP contribution in [0.1, 0.15) is 25.8 Å². The average molecular weight is 232 g/mol. The maximum absolute atomic E-state index is 5.93. The molecule has 2 nitrogen and oxygen atoms in total. The van der Waals surface area contributed by atoms with Crippen molar-refractivity contribution in [2.24, 2.45) is 0 Å². The molecule has 0 amide bonds. The summed E-state index contributed by atoms with van der Waals surface area (Å²) in [5, 5.41) is 0. The number of benzene rings is 1. The van der Waals surface area contributed by atoms with E-state index >= 15 is 0 Å². The van der Waals surface area contributed by atoms with E-state index in [0.29, 0.717) is 6.04 Å². The van der Waals surface area contributed by atoms with Gasteiger partial charge in [0.05, 0.1) is 0 Å². The van der Waals surface area contributed by atoms with E-state index in [2.05, 4.69) is 37.5 Å². The van der Waals surface area contributed by atoms with Crippen LogP contribution in [0.3, 0.4) is 0 Å². The van der Waals surface area contributed by atoms with Crippen LogP contribution in [-0.2, 0) is 6.42 Å². The van der Waals surface area contributed by atoms with Gasteiger partial charge in [-0.3, -0.25) is 4.90 Å². The van der Waals surface area contributed by atoms with Crippen LogP contribution >= 0.6 is 0 Å². The third-order valence-electron chi connectivity index (χ3n) is 3.04. The lowest BCUT2D eigenvalue weighted by Gasteiger charge is -2.24. The van der Waals surface area contributed by atoms with Crippen LogP contribution in [0.5, 0.6) is 0 Å². The first-order valence-corrected chi connectivity index (χ1v) is 6.33. The lowest BCUT2D eigenvalue weighted by molar-refractivity contribution is 0.243. The number of anilines is 1. The smallest absolute Gasteiger partial charge is 0.0346 e. The summed E-state index contributed by atoms with van der Waals surface area (Å²) in [4.78, 5) is 2.42. The zero-order valence-corrected chi connectivity index (χ0v) is 11.0. The minimum absolute atomic E-state index is 0.570. The van der Waals surface area contributed by atoms with Gasteiger partial charge in [0.25, 0.3) is 0 Å². The van der Waals surface area contributed by atoms with Crippen molar-refractivity contribution in [1.82, 2.24) is 4.90 Å². The molecule has 0 spiro atoms. The summed E-state index contributed by atoms with van der Waals surface area (Å²) in [7, 11) is 0. The van der Waals surface area contributed by atoms with Gasteiger partial charge in [-0.2, -0.15) is 0 Å². The molecule has 0 bridgehead atoms. The van der Waals surface area contributed by atoms with E-state index < -0.39 is 0 Å². The average Bonchev–Trinajstić information content (AvgIpc) is 2.30. The van der Waals surface area contributed by atoms with Crippen LogP contribution in [0.4, 0.5) is 5.69 Å². The molecule has 1 rings (SSSR count). The minimum Gasteiger partial charge on any atom is -0.399 e. The van der Waals surface area contributed by atoms with Gasteiger partial charge >= 0.3 is 0 Å². The van der Waals surface area contributed by atoms with Crippen molar-refractivity contribution in [3.63, 3.8) is 0 Å². The molecule has 17 heavy (non-hydrogen) atoms. The molecule has 0 aliphatic carbocycles. The van der Waals surface area contributed by atoms with Crippen molar-refractivity contribution in [3.8, 4) is 0 Å². The monoisotopic (exact) mass is 232 g/mol. The predicted octanol–water partition coefficient (Wildman–Crippen LogP) is 3.10. The van der Waals surface area contributed by atoms with Crippen LogP contribution in [0.15, 0.2) is 36.9 Å². The quantitative estimate of drug-likeness (QED) is 0.578. The molecule has 1 aromatic carbocycles. The molecular weight excluding hydrogens is 208 g/mol. The second-order valence-electron chi connectivity index (χ2n) is 4.68. The second-order valence-corrected chi connectivity index (χ2v) is 4.68. The SMILES string of the molecule is C=CCN(CCCc1ccccc1N)C(C)C. The first-order valence-electron chi connectivity index (χ1n) is 6.33. The normalized spacial score (nSPS) is 11.1. The molecule has 0 aromatic heterocycles. The number of aryl methyl sites for hydroxylation is 1. The third-order valence-corrected chi connectivity index (χ3v) is 3.04. The highest BCUT2D eigenvalue weighted by atomic mass is 15.1. The lowest BCUT2D eigenvalue weighted by atomic mass is 10.1. The third kappa shape index (κ3) is 4.61. The highest BCUT2D eigenvalue weighted by Crippen LogP contribution is 2.13. The Morgan fingerprint density at radius 1 is 1.35 bits per heavy atom. The Morgan fingerprint density at radius 2 is 2.06 bits per heavy atom. The fourth-order valence-corrected chi connectivity index (χ4v) is 1.96. The molecule has 1 aromatic rings. The molecule has 0 aliphatic rings. The van der Waals surface area contributed by atoms with Gasteiger partial charge in [-0.05, 0) is 44.9 Å². The summed E-state index contributed by atoms with van der Waals surface area (Å²) in [6.45, 7) is 10.3. The Labute approximate surface area is 105 Å². The zero-order chi connectivity index (χ0) is 12.7. The van der Waals surface area contributed by atoms with Crippen molar-refractivity contribution in [3.05, 3.63) is 42.5 Å². The van der Waals surface area contributed by atoms with Crippen LogP contribution in [0.2, 0.25) is 0 Å². The Hall–Kier alpha value is -1.28. The summed E-state index contributed by atoms with van der Waals surface area (Å²) >= 11 is 0. The molecular formula is C15H24N2. The predicted molar refractivity (Wildman–Crippen MR) is 76.1 cm³/mol. The summed E-state index contributed by atoms with van der Waals surface area (Å²) in [6, 6.07) is 8.69. The Balaban J connectivity index is 2.41. The van der Waals surface area contributed by atoms with Crippen LogP contribution < -0.4 is 5.73 Å². The van der Waals surface area contributed by atoms with Gasteiger partial charge in [-0.15, -0.1) is 6.58 Å². The van der Waals surface area contributed by atoms with Crippen LogP contribution in [-0.4, -0.2) is 24.0 Å². The number of nitrogens with two attached hydrogens (primary N) is 1. The van der Waals surface area contributed by atoms with Crippen molar-refractivity contribution in [2.75, 3.05) is 18.8 Å². The molecule has 0 heterocycles. The van der Waals surface area contributed by atoms with Gasteiger partial charge in [0, 0.05) is 18.3 Å². The topological polar surface area (TPSA) is 29.3 Å². The highest BCUT2D eigenvalue weighted by molar-refractivity contribution is 5.46. The molecule has 2 N–H and O–H groups in total. The van der Waals surface area contributed by atoms with Crippen LogP contribution in [0, 0.1) is 0 Å². The second kappa shape index (κ2) is 7.13. The van der Waals surface area contributed by atoms with Crippen molar-refractivity contribution in [2.45, 2.75) is 32.7 Å². The number of nitrogens with zero attached hydrogens (tertiary/aromatic N) is 1. The number of rotatable bonds is 7. The van der Waals surface area contributed by atoms with Gasteiger partial charge in [-0.1, -0.05) is 24.3 Å². The number of hydrogen-bond acceptors (Lipinski definition) is 2. The molecule has 0 radical (unpaired) electrons. The van der Waals surface area contributed by atoms with E-state index in [1.165, 1.54) is 5.56 Å². The fourth-order valence-electron chi connectivity index (χ4n) is 1.96. The van der Waals surface area contributed by atoms with Crippen molar-refractivity contribution >= 4 is 5.69 Å². The molecule has 2 heteroatoms. The molecule has 0 unspecified atom stereocenters. The zero-order valence-electron chi connectivity index (χ0n) is 11.0. The van der Waals surface area contributed by atoms with Gasteiger partial charge in [0.15, 0.2) is 0 Å². The largest absolute Gasteiger partial charge is 0.399 e. The molecule has 0 fully saturated rings. The molecule has 94 valence electrons. The van der Waals surface area contributed by atoms with E-state index in [1.54, 1.807) is 0 Å². The molecule has 0 atom stereocenters. The summed E-state index contributed by atoms with van der Waals surface area (Å²) in [5.41, 5.74) is 8.09. The Morgan fingerprint density at radius 3 is 2.65 bits per heavy atom. The maximum atomic E-state index is 5.93. The van der Waals surface area contributed by atoms with Crippen LogP contribution in [0.25, 0.3) is 0 Å². The number of para-hydroxylation sites is 1. The Kier molecular flexibility index (Phi) is 5.78. The Bertz CT molecular complexity index is 345. The fraction of sp³-hybridized carbons (Fsp3) is 0.467. The number of hydrogen-bond donors (Lipinski definition) is 1. The van der Waals surface area contributed by atoms with Gasteiger partial charge < -0.3 is 5.73 Å². The first-order chi connectivity index (χ1) is 8.15. The van der Waals surface area contributed by atoms with E-state index in [4.69, 9.17) is 5.73 Å².